The Labute approximate surface area is 80.5 Å². The van der Waals surface area contributed by atoms with Crippen LogP contribution in [0.3, 0.4) is 0 Å². The van der Waals surface area contributed by atoms with Crippen molar-refractivity contribution in [3.63, 3.8) is 0 Å². The second-order valence-corrected chi connectivity index (χ2v) is 4.22. The van der Waals surface area contributed by atoms with Gasteiger partial charge in [-0.05, 0) is 50.2 Å². The molecule has 0 N–H and O–H groups in total. The number of hydrogen-bond acceptors (Lipinski definition) is 1. The molecule has 1 aliphatic carbocycles. The fraction of sp³-hybridized carbons (Fsp3) is 0.455. The third kappa shape index (κ3) is 2.56. The summed E-state index contributed by atoms with van der Waals surface area (Å²) in [6, 6.07) is 0. The number of thiol groups is 1. The Morgan fingerprint density at radius 2 is 2.08 bits per heavy atom. The summed E-state index contributed by atoms with van der Waals surface area (Å²) in [7, 11) is 0. The lowest BCUT2D eigenvalue weighted by atomic mass is 9.94. The van der Waals surface area contributed by atoms with E-state index in [0.717, 1.165) is 4.91 Å². The van der Waals surface area contributed by atoms with Crippen LogP contribution in [0.25, 0.3) is 0 Å². The van der Waals surface area contributed by atoms with E-state index in [1.54, 1.807) is 0 Å². The van der Waals surface area contributed by atoms with E-state index in [0.29, 0.717) is 0 Å². The zero-order valence-electron chi connectivity index (χ0n) is 8.02. The fourth-order valence-electron chi connectivity index (χ4n) is 1.38. The Balaban J connectivity index is 2.94. The molecule has 0 bridgehead atoms. The van der Waals surface area contributed by atoms with Crippen LogP contribution in [0, 0.1) is 0 Å². The molecular formula is C11H16S. The maximum absolute atomic E-state index is 4.28. The Morgan fingerprint density at radius 1 is 1.42 bits per heavy atom. The van der Waals surface area contributed by atoms with Gasteiger partial charge in [-0.2, -0.15) is 0 Å². The summed E-state index contributed by atoms with van der Waals surface area (Å²) in [4.78, 5) is 1.08. The quantitative estimate of drug-likeness (QED) is 0.582. The largest absolute Gasteiger partial charge is 0.148 e. The maximum Gasteiger partial charge on any atom is -0.0209 e. The zero-order valence-corrected chi connectivity index (χ0v) is 8.91. The molecule has 12 heavy (non-hydrogen) atoms. The first kappa shape index (κ1) is 9.66. The molecule has 0 nitrogen and oxygen atoms in total. The summed E-state index contributed by atoms with van der Waals surface area (Å²) in [5.74, 6) is 0. The van der Waals surface area contributed by atoms with Crippen LogP contribution in [-0.4, -0.2) is 0 Å². The van der Waals surface area contributed by atoms with Gasteiger partial charge in [0.25, 0.3) is 0 Å². The second-order valence-electron chi connectivity index (χ2n) is 3.51. The normalized spacial score (nSPS) is 19.7. The topological polar surface area (TPSA) is 0 Å². The molecule has 66 valence electrons. The van der Waals surface area contributed by atoms with E-state index in [9.17, 15) is 0 Å². The minimum Gasteiger partial charge on any atom is -0.148 e. The molecule has 0 radical (unpaired) electrons. The molecule has 0 amide bonds. The summed E-state index contributed by atoms with van der Waals surface area (Å²) in [5, 5.41) is 0. The minimum atomic E-state index is 1.08. The van der Waals surface area contributed by atoms with Gasteiger partial charge in [-0.3, -0.25) is 0 Å². The van der Waals surface area contributed by atoms with Crippen LogP contribution in [0.4, 0.5) is 0 Å². The summed E-state index contributed by atoms with van der Waals surface area (Å²) >= 11 is 4.28. The van der Waals surface area contributed by atoms with E-state index < -0.39 is 0 Å². The van der Waals surface area contributed by atoms with Gasteiger partial charge < -0.3 is 0 Å². The molecule has 1 heteroatoms. The average Bonchev–Trinajstić information content (AvgIpc) is 1.96. The highest BCUT2D eigenvalue weighted by atomic mass is 32.1. The summed E-state index contributed by atoms with van der Waals surface area (Å²) in [6.07, 6.45) is 6.82. The van der Waals surface area contributed by atoms with Gasteiger partial charge in [0, 0.05) is 0 Å². The van der Waals surface area contributed by atoms with Gasteiger partial charge in [-0.1, -0.05) is 17.2 Å². The number of allylic oxidation sites excluding steroid dienone is 6. The number of rotatable bonds is 1. The van der Waals surface area contributed by atoms with Crippen molar-refractivity contribution in [2.24, 2.45) is 0 Å². The van der Waals surface area contributed by atoms with E-state index in [4.69, 9.17) is 0 Å². The SMILES string of the molecule is CC1=CC(/C=C(/C)S)=C(C)CC1. The molecule has 0 fully saturated rings. The van der Waals surface area contributed by atoms with Crippen LogP contribution < -0.4 is 0 Å². The lowest BCUT2D eigenvalue weighted by Gasteiger charge is -2.13. The molecule has 0 aromatic rings. The Hall–Kier alpha value is -0.430. The van der Waals surface area contributed by atoms with Crippen LogP contribution in [0.1, 0.15) is 33.6 Å². The Bertz CT molecular complexity index is 259. The molecule has 0 aromatic heterocycles. The van der Waals surface area contributed by atoms with Crippen LogP contribution >= 0.6 is 12.6 Å². The lowest BCUT2D eigenvalue weighted by molar-refractivity contribution is 0.894. The van der Waals surface area contributed by atoms with Gasteiger partial charge in [0.1, 0.15) is 0 Å². The Morgan fingerprint density at radius 3 is 2.67 bits per heavy atom. The van der Waals surface area contributed by atoms with Crippen molar-refractivity contribution < 1.29 is 0 Å². The maximum atomic E-state index is 4.28. The van der Waals surface area contributed by atoms with Gasteiger partial charge in [0.2, 0.25) is 0 Å². The molecule has 0 saturated carbocycles. The minimum absolute atomic E-state index is 1.08. The van der Waals surface area contributed by atoms with Crippen molar-refractivity contribution in [2.45, 2.75) is 33.6 Å². The first-order valence-electron chi connectivity index (χ1n) is 4.34. The van der Waals surface area contributed by atoms with Crippen molar-refractivity contribution in [1.82, 2.24) is 0 Å². The molecule has 1 aliphatic rings. The third-order valence-electron chi connectivity index (χ3n) is 2.15. The van der Waals surface area contributed by atoms with Gasteiger partial charge in [-0.25, -0.2) is 0 Å². The highest BCUT2D eigenvalue weighted by Gasteiger charge is 2.04. The first-order valence-corrected chi connectivity index (χ1v) is 4.78. The lowest BCUT2D eigenvalue weighted by Crippen LogP contribution is -1.93. The zero-order chi connectivity index (χ0) is 9.14. The summed E-state index contributed by atoms with van der Waals surface area (Å²) in [6.45, 7) is 6.40. The van der Waals surface area contributed by atoms with E-state index in [2.05, 4.69) is 38.6 Å². The van der Waals surface area contributed by atoms with Crippen LogP contribution in [-0.2, 0) is 0 Å². The van der Waals surface area contributed by atoms with Crippen LogP contribution in [0.2, 0.25) is 0 Å². The second kappa shape index (κ2) is 3.99. The van der Waals surface area contributed by atoms with Gasteiger partial charge in [0.05, 0.1) is 0 Å². The van der Waals surface area contributed by atoms with E-state index >= 15 is 0 Å². The van der Waals surface area contributed by atoms with Crippen molar-refractivity contribution in [3.8, 4) is 0 Å². The van der Waals surface area contributed by atoms with Crippen molar-refractivity contribution >= 4 is 12.6 Å². The molecule has 0 heterocycles. The molecule has 0 spiro atoms. The van der Waals surface area contributed by atoms with Gasteiger partial charge >= 0.3 is 0 Å². The van der Waals surface area contributed by atoms with Crippen LogP contribution in [0.5, 0.6) is 0 Å². The first-order chi connectivity index (χ1) is 5.59. The summed E-state index contributed by atoms with van der Waals surface area (Å²) in [5.41, 5.74) is 4.31. The van der Waals surface area contributed by atoms with Gasteiger partial charge in [-0.15, -0.1) is 12.6 Å². The van der Waals surface area contributed by atoms with E-state index in [-0.39, 0.29) is 0 Å². The molecule has 0 aromatic carbocycles. The highest BCUT2D eigenvalue weighted by Crippen LogP contribution is 2.25. The van der Waals surface area contributed by atoms with Crippen molar-refractivity contribution in [1.29, 1.82) is 0 Å². The predicted octanol–water partition coefficient (Wildman–Crippen LogP) is 3.88. The molecule has 0 atom stereocenters. The van der Waals surface area contributed by atoms with E-state index in [1.165, 1.54) is 29.6 Å². The smallest absolute Gasteiger partial charge is 0.0209 e. The molecular weight excluding hydrogens is 164 g/mol. The third-order valence-corrected chi connectivity index (χ3v) is 2.28. The fourth-order valence-corrected chi connectivity index (χ4v) is 1.52. The van der Waals surface area contributed by atoms with Gasteiger partial charge in [0.15, 0.2) is 0 Å². The molecule has 0 aliphatic heterocycles. The summed E-state index contributed by atoms with van der Waals surface area (Å²) < 4.78 is 0. The van der Waals surface area contributed by atoms with E-state index in [1.807, 2.05) is 6.92 Å². The standard InChI is InChI=1S/C11H16S/c1-8-4-5-9(2)11(6-8)7-10(3)12/h6-7,12H,4-5H2,1-3H3/b10-7-. The highest BCUT2D eigenvalue weighted by molar-refractivity contribution is 7.84. The predicted molar refractivity (Wildman–Crippen MR) is 58.4 cm³/mol. The van der Waals surface area contributed by atoms with Crippen LogP contribution in [0.15, 0.2) is 33.8 Å². The number of hydrogen-bond donors (Lipinski definition) is 1. The van der Waals surface area contributed by atoms with Crippen molar-refractivity contribution in [3.05, 3.63) is 33.8 Å². The monoisotopic (exact) mass is 180 g/mol. The molecule has 0 unspecified atom stereocenters. The Kier molecular flexibility index (Phi) is 3.21. The molecule has 0 saturated heterocycles. The average molecular weight is 180 g/mol. The molecule has 1 rings (SSSR count). The van der Waals surface area contributed by atoms with Crippen molar-refractivity contribution in [2.75, 3.05) is 0 Å².